The van der Waals surface area contributed by atoms with Gasteiger partial charge in [0.05, 0.1) is 4.75 Å². The second-order valence-electron chi connectivity index (χ2n) is 3.44. The molecule has 0 aromatic heterocycles. The van der Waals surface area contributed by atoms with Gasteiger partial charge in [0, 0.05) is 6.21 Å². The highest BCUT2D eigenvalue weighted by atomic mass is 32.2. The molecule has 0 bridgehead atoms. The first kappa shape index (κ1) is 10.8. The van der Waals surface area contributed by atoms with Crippen molar-refractivity contribution in [2.75, 3.05) is 0 Å². The number of nitrogens with zero attached hydrogens (tertiary/aromatic N) is 1. The fraction of sp³-hybridized carbons (Fsp3) is 0.875. The summed E-state index contributed by atoms with van der Waals surface area (Å²) in [7, 11) is -1.07. The van der Waals surface area contributed by atoms with E-state index in [-0.39, 0.29) is 4.75 Å². The van der Waals surface area contributed by atoms with Crippen LogP contribution in [0.5, 0.6) is 0 Å². The molecule has 0 heterocycles. The number of hydrogen-bond donors (Lipinski definition) is 0. The lowest BCUT2D eigenvalue weighted by Gasteiger charge is -2.12. The molecule has 0 aliphatic rings. The van der Waals surface area contributed by atoms with Crippen LogP contribution in [0.25, 0.3) is 0 Å². The number of hydrogen-bond acceptors (Lipinski definition) is 1. The third-order valence-corrected chi connectivity index (χ3v) is 2.50. The maximum Gasteiger partial charge on any atom is 0.144 e. The summed E-state index contributed by atoms with van der Waals surface area (Å²) in [6.45, 7) is 7.84. The van der Waals surface area contributed by atoms with Crippen LogP contribution >= 0.6 is 0 Å². The summed E-state index contributed by atoms with van der Waals surface area (Å²) in [6.07, 6.45) is 3.73. The smallest absolute Gasteiger partial charge is 0.144 e. The van der Waals surface area contributed by atoms with Gasteiger partial charge in [-0.2, -0.15) is 4.40 Å². The fourth-order valence-corrected chi connectivity index (χ4v) is 0.965. The van der Waals surface area contributed by atoms with Gasteiger partial charge in [0.2, 0.25) is 0 Å². The number of rotatable bonds is 3. The highest BCUT2D eigenvalue weighted by Crippen LogP contribution is 2.11. The monoisotopic (exact) mass is 175 g/mol. The van der Waals surface area contributed by atoms with Crippen LogP contribution in [0.2, 0.25) is 0 Å². The van der Waals surface area contributed by atoms with Crippen molar-refractivity contribution in [1.82, 2.24) is 0 Å². The molecule has 0 aromatic rings. The Labute approximate surface area is 71.7 Å². The molecule has 0 aliphatic carbocycles. The van der Waals surface area contributed by atoms with Gasteiger partial charge in [-0.05, 0) is 27.2 Å². The van der Waals surface area contributed by atoms with Crippen molar-refractivity contribution >= 4 is 17.2 Å². The summed E-state index contributed by atoms with van der Waals surface area (Å²) in [5, 5.41) is 0. The Morgan fingerprint density at radius 3 is 2.36 bits per heavy atom. The van der Waals surface area contributed by atoms with Crippen LogP contribution in [-0.2, 0) is 11.0 Å². The van der Waals surface area contributed by atoms with Crippen molar-refractivity contribution in [2.24, 2.45) is 4.40 Å². The third-order valence-electron chi connectivity index (χ3n) is 1.11. The molecule has 66 valence electrons. The summed E-state index contributed by atoms with van der Waals surface area (Å²) in [6, 6.07) is 0. The molecule has 0 spiro atoms. The van der Waals surface area contributed by atoms with Crippen LogP contribution in [0, 0.1) is 0 Å². The van der Waals surface area contributed by atoms with E-state index in [9.17, 15) is 4.21 Å². The van der Waals surface area contributed by atoms with Crippen molar-refractivity contribution in [3.63, 3.8) is 0 Å². The first-order chi connectivity index (χ1) is 4.98. The van der Waals surface area contributed by atoms with E-state index in [0.717, 1.165) is 12.8 Å². The molecule has 0 N–H and O–H groups in total. The van der Waals surface area contributed by atoms with Crippen molar-refractivity contribution in [1.29, 1.82) is 0 Å². The zero-order chi connectivity index (χ0) is 8.91. The van der Waals surface area contributed by atoms with Gasteiger partial charge in [-0.1, -0.05) is 13.3 Å². The maximum absolute atomic E-state index is 11.3. The van der Waals surface area contributed by atoms with Gasteiger partial charge in [0.15, 0.2) is 0 Å². The van der Waals surface area contributed by atoms with E-state index in [0.29, 0.717) is 0 Å². The molecular weight excluding hydrogens is 158 g/mol. The molecule has 0 aromatic carbocycles. The highest BCUT2D eigenvalue weighted by molar-refractivity contribution is 7.85. The summed E-state index contributed by atoms with van der Waals surface area (Å²) in [5.41, 5.74) is 0. The molecule has 0 aliphatic heterocycles. The molecule has 0 amide bonds. The van der Waals surface area contributed by atoms with Crippen molar-refractivity contribution in [3.05, 3.63) is 0 Å². The van der Waals surface area contributed by atoms with E-state index in [4.69, 9.17) is 0 Å². The summed E-state index contributed by atoms with van der Waals surface area (Å²) >= 11 is 0. The largest absolute Gasteiger partial charge is 0.234 e. The predicted octanol–water partition coefficient (Wildman–Crippen LogP) is 2.32. The lowest BCUT2D eigenvalue weighted by atomic mass is 10.3. The van der Waals surface area contributed by atoms with Crippen LogP contribution in [0.1, 0.15) is 40.5 Å². The van der Waals surface area contributed by atoms with Gasteiger partial charge in [0.1, 0.15) is 11.0 Å². The Bertz CT molecular complexity index is 158. The van der Waals surface area contributed by atoms with Gasteiger partial charge in [-0.3, -0.25) is 0 Å². The molecule has 0 radical (unpaired) electrons. The zero-order valence-electron chi connectivity index (χ0n) is 7.76. The Kier molecular flexibility index (Phi) is 4.57. The fourth-order valence-electron chi connectivity index (χ4n) is 0.408. The van der Waals surface area contributed by atoms with Crippen molar-refractivity contribution in [3.8, 4) is 0 Å². The molecule has 0 unspecified atom stereocenters. The Morgan fingerprint density at radius 1 is 1.45 bits per heavy atom. The van der Waals surface area contributed by atoms with Crippen LogP contribution in [-0.4, -0.2) is 15.2 Å². The summed E-state index contributed by atoms with van der Waals surface area (Å²) in [4.78, 5) is 0. The molecule has 0 saturated carbocycles. The molecule has 3 heteroatoms. The van der Waals surface area contributed by atoms with Gasteiger partial charge in [0.25, 0.3) is 0 Å². The van der Waals surface area contributed by atoms with Gasteiger partial charge in [-0.15, -0.1) is 0 Å². The highest BCUT2D eigenvalue weighted by Gasteiger charge is 2.17. The molecular formula is C8H17NOS. The average molecular weight is 175 g/mol. The maximum atomic E-state index is 11.3. The quantitative estimate of drug-likeness (QED) is 0.605. The van der Waals surface area contributed by atoms with Crippen LogP contribution in [0.3, 0.4) is 0 Å². The minimum Gasteiger partial charge on any atom is -0.234 e. The molecule has 0 fully saturated rings. The lowest BCUT2D eigenvalue weighted by Crippen LogP contribution is -2.19. The first-order valence-corrected chi connectivity index (χ1v) is 5.03. The standard InChI is InChI=1S/C8H17NOS/c1-5-6-7-9-11(10)8(2,3)4/h7H,5-6H2,1-4H3/b9-7-/t11-/m0/s1. The summed E-state index contributed by atoms with van der Waals surface area (Å²) in [5.74, 6) is 0. The zero-order valence-corrected chi connectivity index (χ0v) is 8.57. The molecule has 1 atom stereocenters. The van der Waals surface area contributed by atoms with Crippen molar-refractivity contribution < 1.29 is 4.21 Å². The molecule has 0 saturated heterocycles. The van der Waals surface area contributed by atoms with E-state index in [1.54, 1.807) is 6.21 Å². The van der Waals surface area contributed by atoms with E-state index >= 15 is 0 Å². The minimum absolute atomic E-state index is 0.218. The normalized spacial score (nSPS) is 15.6. The van der Waals surface area contributed by atoms with E-state index in [1.165, 1.54) is 0 Å². The van der Waals surface area contributed by atoms with Gasteiger partial charge < -0.3 is 0 Å². The average Bonchev–Trinajstić information content (AvgIpc) is 1.86. The predicted molar refractivity (Wildman–Crippen MR) is 51.3 cm³/mol. The molecule has 2 nitrogen and oxygen atoms in total. The SMILES string of the molecule is CCC/C=N\[S@@](=O)C(C)(C)C. The topological polar surface area (TPSA) is 29.4 Å². The Morgan fingerprint density at radius 2 is 2.00 bits per heavy atom. The lowest BCUT2D eigenvalue weighted by molar-refractivity contribution is 0.650. The summed E-state index contributed by atoms with van der Waals surface area (Å²) < 4.78 is 15.0. The van der Waals surface area contributed by atoms with Crippen LogP contribution < -0.4 is 0 Å². The van der Waals surface area contributed by atoms with Gasteiger partial charge >= 0.3 is 0 Å². The van der Waals surface area contributed by atoms with E-state index in [2.05, 4.69) is 11.3 Å². The van der Waals surface area contributed by atoms with E-state index in [1.807, 2.05) is 20.8 Å². The van der Waals surface area contributed by atoms with Crippen LogP contribution in [0.4, 0.5) is 0 Å². The second-order valence-corrected chi connectivity index (χ2v) is 5.37. The Hall–Kier alpha value is -0.180. The van der Waals surface area contributed by atoms with E-state index < -0.39 is 11.0 Å². The molecule has 11 heavy (non-hydrogen) atoms. The van der Waals surface area contributed by atoms with Crippen molar-refractivity contribution in [2.45, 2.75) is 45.3 Å². The third kappa shape index (κ3) is 5.13. The van der Waals surface area contributed by atoms with Crippen LogP contribution in [0.15, 0.2) is 4.40 Å². The minimum atomic E-state index is -1.07. The number of unbranched alkanes of at least 4 members (excludes halogenated alkanes) is 1. The molecule has 0 rings (SSSR count). The van der Waals surface area contributed by atoms with Gasteiger partial charge in [-0.25, -0.2) is 4.21 Å². The first-order valence-electron chi connectivity index (χ1n) is 3.93. The second kappa shape index (κ2) is 4.65. The Balaban J connectivity index is 3.88.